The molecule has 21 heavy (non-hydrogen) atoms. The van der Waals surface area contributed by atoms with Crippen molar-refractivity contribution in [1.29, 1.82) is 0 Å². The number of hydrogen-bond acceptors (Lipinski definition) is 5. The third kappa shape index (κ3) is 3.52. The van der Waals surface area contributed by atoms with Crippen molar-refractivity contribution in [3.8, 4) is 5.75 Å². The highest BCUT2D eigenvalue weighted by atomic mass is 16.5. The number of esters is 1. The number of benzene rings is 1. The van der Waals surface area contributed by atoms with Gasteiger partial charge in [-0.1, -0.05) is 18.2 Å². The molecule has 6 heteroatoms. The second-order valence-corrected chi connectivity index (χ2v) is 4.69. The second-order valence-electron chi connectivity index (χ2n) is 4.69. The molecule has 0 aliphatic carbocycles. The van der Waals surface area contributed by atoms with E-state index in [0.29, 0.717) is 18.9 Å². The van der Waals surface area contributed by atoms with E-state index in [-0.39, 0.29) is 18.9 Å². The Bertz CT molecular complexity index is 517. The van der Waals surface area contributed by atoms with E-state index in [1.807, 2.05) is 18.2 Å². The quantitative estimate of drug-likeness (QED) is 0.762. The average molecular weight is 293 g/mol. The highest BCUT2D eigenvalue weighted by Crippen LogP contribution is 2.20. The molecular formula is C15H19NO5. The van der Waals surface area contributed by atoms with Crippen LogP contribution in [-0.4, -0.2) is 56.8 Å². The standard InChI is InChI=1S/C15H19NO5/c1-19-13-6-4-3-5-11(13)9-14(17)16-7-8-21-10-12(16)15(18)20-2/h3-6,12H,7-10H2,1-2H3. The van der Waals surface area contributed by atoms with Gasteiger partial charge in [0, 0.05) is 12.1 Å². The van der Waals surface area contributed by atoms with Crippen LogP contribution in [-0.2, 0) is 25.5 Å². The monoisotopic (exact) mass is 293 g/mol. The summed E-state index contributed by atoms with van der Waals surface area (Å²) in [5, 5.41) is 0. The highest BCUT2D eigenvalue weighted by molar-refractivity contribution is 5.86. The Kier molecular flexibility index (Phi) is 5.16. The first-order chi connectivity index (χ1) is 10.2. The predicted octanol–water partition coefficient (Wildman–Crippen LogP) is 0.638. The van der Waals surface area contributed by atoms with Crippen LogP contribution in [0, 0.1) is 0 Å². The van der Waals surface area contributed by atoms with Crippen molar-refractivity contribution in [2.24, 2.45) is 0 Å². The van der Waals surface area contributed by atoms with Crippen LogP contribution in [0.25, 0.3) is 0 Å². The summed E-state index contributed by atoms with van der Waals surface area (Å²) in [6.45, 7) is 0.975. The van der Waals surface area contributed by atoms with Crippen LogP contribution >= 0.6 is 0 Å². The van der Waals surface area contributed by atoms with E-state index in [4.69, 9.17) is 14.2 Å². The van der Waals surface area contributed by atoms with Crippen LogP contribution in [0.5, 0.6) is 5.75 Å². The van der Waals surface area contributed by atoms with Gasteiger partial charge >= 0.3 is 5.97 Å². The van der Waals surface area contributed by atoms with Gasteiger partial charge in [-0.05, 0) is 6.07 Å². The first kappa shape index (κ1) is 15.3. The minimum absolute atomic E-state index is 0.141. The topological polar surface area (TPSA) is 65.1 Å². The average Bonchev–Trinajstić information content (AvgIpc) is 2.54. The molecule has 0 N–H and O–H groups in total. The molecule has 0 spiro atoms. The molecule has 0 saturated carbocycles. The normalized spacial score (nSPS) is 18.2. The van der Waals surface area contributed by atoms with E-state index in [2.05, 4.69) is 0 Å². The number of carbonyl (C=O) groups excluding carboxylic acids is 2. The van der Waals surface area contributed by atoms with E-state index < -0.39 is 12.0 Å². The van der Waals surface area contributed by atoms with Gasteiger partial charge in [0.15, 0.2) is 6.04 Å². The number of para-hydroxylation sites is 1. The summed E-state index contributed by atoms with van der Waals surface area (Å²) >= 11 is 0. The Hall–Kier alpha value is -2.08. The lowest BCUT2D eigenvalue weighted by Gasteiger charge is -2.33. The number of hydrogen-bond donors (Lipinski definition) is 0. The molecule has 1 fully saturated rings. The maximum atomic E-state index is 12.5. The summed E-state index contributed by atoms with van der Waals surface area (Å²) in [4.78, 5) is 25.7. The number of ether oxygens (including phenoxy) is 3. The Balaban J connectivity index is 2.12. The van der Waals surface area contributed by atoms with Gasteiger partial charge in [0.2, 0.25) is 5.91 Å². The van der Waals surface area contributed by atoms with Gasteiger partial charge in [-0.25, -0.2) is 4.79 Å². The molecule has 1 heterocycles. The van der Waals surface area contributed by atoms with Gasteiger partial charge in [0.05, 0.1) is 33.9 Å². The first-order valence-electron chi connectivity index (χ1n) is 6.74. The Morgan fingerprint density at radius 1 is 1.33 bits per heavy atom. The van der Waals surface area contributed by atoms with Gasteiger partial charge in [-0.15, -0.1) is 0 Å². The molecule has 1 unspecified atom stereocenters. The third-order valence-corrected chi connectivity index (χ3v) is 3.46. The van der Waals surface area contributed by atoms with E-state index in [1.54, 1.807) is 13.2 Å². The Labute approximate surface area is 123 Å². The number of morpholine rings is 1. The summed E-state index contributed by atoms with van der Waals surface area (Å²) in [5.74, 6) is 0.0648. The van der Waals surface area contributed by atoms with Crippen LogP contribution in [0.3, 0.4) is 0 Å². The lowest BCUT2D eigenvalue weighted by atomic mass is 10.1. The molecule has 1 atom stereocenters. The molecule has 2 rings (SSSR count). The molecule has 6 nitrogen and oxygen atoms in total. The predicted molar refractivity (Wildman–Crippen MR) is 75.0 cm³/mol. The molecule has 1 amide bonds. The molecule has 114 valence electrons. The fraction of sp³-hybridized carbons (Fsp3) is 0.467. The van der Waals surface area contributed by atoms with E-state index in [0.717, 1.165) is 5.56 Å². The van der Waals surface area contributed by atoms with Crippen molar-refractivity contribution in [2.45, 2.75) is 12.5 Å². The van der Waals surface area contributed by atoms with Crippen molar-refractivity contribution in [3.63, 3.8) is 0 Å². The van der Waals surface area contributed by atoms with Gasteiger partial charge in [-0.3, -0.25) is 4.79 Å². The van der Waals surface area contributed by atoms with Crippen molar-refractivity contribution < 1.29 is 23.8 Å². The number of methoxy groups -OCH3 is 2. The number of rotatable bonds is 4. The summed E-state index contributed by atoms with van der Waals surface area (Å²) in [6.07, 6.45) is 0.178. The Morgan fingerprint density at radius 3 is 2.81 bits per heavy atom. The minimum atomic E-state index is -0.675. The Morgan fingerprint density at radius 2 is 2.10 bits per heavy atom. The molecule has 0 bridgehead atoms. The van der Waals surface area contributed by atoms with Gasteiger partial charge in [0.25, 0.3) is 0 Å². The smallest absolute Gasteiger partial charge is 0.331 e. The molecule has 1 aliphatic rings. The fourth-order valence-corrected chi connectivity index (χ4v) is 2.35. The van der Waals surface area contributed by atoms with E-state index in [1.165, 1.54) is 12.0 Å². The molecule has 1 aliphatic heterocycles. The maximum Gasteiger partial charge on any atom is 0.331 e. The minimum Gasteiger partial charge on any atom is -0.496 e. The first-order valence-corrected chi connectivity index (χ1v) is 6.74. The zero-order chi connectivity index (χ0) is 15.2. The second kappa shape index (κ2) is 7.08. The van der Waals surface area contributed by atoms with Crippen LogP contribution in [0.2, 0.25) is 0 Å². The van der Waals surface area contributed by atoms with E-state index >= 15 is 0 Å². The van der Waals surface area contributed by atoms with Crippen molar-refractivity contribution in [1.82, 2.24) is 4.90 Å². The number of carbonyl (C=O) groups is 2. The van der Waals surface area contributed by atoms with Gasteiger partial charge in [-0.2, -0.15) is 0 Å². The lowest BCUT2D eigenvalue weighted by Crippen LogP contribution is -2.53. The summed E-state index contributed by atoms with van der Waals surface area (Å²) in [5.41, 5.74) is 0.792. The zero-order valence-electron chi connectivity index (χ0n) is 12.2. The molecule has 0 aromatic heterocycles. The van der Waals surface area contributed by atoms with E-state index in [9.17, 15) is 9.59 Å². The fourth-order valence-electron chi connectivity index (χ4n) is 2.35. The molecular weight excluding hydrogens is 274 g/mol. The lowest BCUT2D eigenvalue weighted by molar-refractivity contribution is -0.160. The van der Waals surface area contributed by atoms with Gasteiger partial charge < -0.3 is 19.1 Å². The highest BCUT2D eigenvalue weighted by Gasteiger charge is 2.33. The summed E-state index contributed by atoms with van der Waals surface area (Å²) in [6, 6.07) is 6.66. The maximum absolute atomic E-state index is 12.5. The molecule has 1 aromatic carbocycles. The SMILES string of the molecule is COC(=O)C1COCCN1C(=O)Cc1ccccc1OC. The molecule has 1 saturated heterocycles. The largest absolute Gasteiger partial charge is 0.496 e. The van der Waals surface area contributed by atoms with Gasteiger partial charge in [0.1, 0.15) is 5.75 Å². The zero-order valence-corrected chi connectivity index (χ0v) is 12.2. The van der Waals surface area contributed by atoms with Crippen molar-refractivity contribution in [2.75, 3.05) is 34.0 Å². The number of amides is 1. The molecule has 1 aromatic rings. The summed E-state index contributed by atoms with van der Waals surface area (Å²) in [7, 11) is 2.87. The third-order valence-electron chi connectivity index (χ3n) is 3.46. The van der Waals surface area contributed by atoms with Crippen LogP contribution < -0.4 is 4.74 Å². The summed E-state index contributed by atoms with van der Waals surface area (Å²) < 4.78 is 15.2. The van der Waals surface area contributed by atoms with Crippen LogP contribution in [0.1, 0.15) is 5.56 Å². The van der Waals surface area contributed by atoms with Crippen LogP contribution in [0.15, 0.2) is 24.3 Å². The molecule has 0 radical (unpaired) electrons. The number of nitrogens with zero attached hydrogens (tertiary/aromatic N) is 1. The van der Waals surface area contributed by atoms with Crippen LogP contribution in [0.4, 0.5) is 0 Å². The van der Waals surface area contributed by atoms with Crippen molar-refractivity contribution >= 4 is 11.9 Å². The van der Waals surface area contributed by atoms with Crippen molar-refractivity contribution in [3.05, 3.63) is 29.8 Å².